The van der Waals surface area contributed by atoms with Gasteiger partial charge in [0, 0.05) is 32.8 Å². The van der Waals surface area contributed by atoms with Crippen molar-refractivity contribution in [2.24, 2.45) is 16.3 Å². The molecule has 1 fully saturated rings. The first-order valence-corrected chi connectivity index (χ1v) is 10.3. The SMILES string of the molecule is CN=C(NCCCc1nnc2ccccn12)NCC1(CC(C)C)CCCC1. The Morgan fingerprint density at radius 2 is 2.04 bits per heavy atom. The summed E-state index contributed by atoms with van der Waals surface area (Å²) in [6.45, 7) is 6.57. The minimum absolute atomic E-state index is 0.451. The minimum atomic E-state index is 0.451. The van der Waals surface area contributed by atoms with Gasteiger partial charge in [0.05, 0.1) is 0 Å². The molecule has 1 aliphatic carbocycles. The summed E-state index contributed by atoms with van der Waals surface area (Å²) in [5.74, 6) is 2.67. The smallest absolute Gasteiger partial charge is 0.190 e. The standard InChI is InChI=1S/C21H34N6/c1-17(2)15-21(11-5-6-12-21)16-24-20(22-3)23-13-8-10-19-26-25-18-9-4-7-14-27(18)19/h4,7,9,14,17H,5-6,8,10-13,15-16H2,1-3H3,(H2,22,23,24). The molecule has 6 nitrogen and oxygen atoms in total. The van der Waals surface area contributed by atoms with Gasteiger partial charge in [0.25, 0.3) is 0 Å². The molecule has 148 valence electrons. The van der Waals surface area contributed by atoms with E-state index in [1.165, 1.54) is 32.1 Å². The molecule has 0 saturated heterocycles. The van der Waals surface area contributed by atoms with Crippen LogP contribution in [-0.4, -0.2) is 40.7 Å². The van der Waals surface area contributed by atoms with E-state index in [1.54, 1.807) is 0 Å². The summed E-state index contributed by atoms with van der Waals surface area (Å²) < 4.78 is 2.06. The number of pyridine rings is 1. The molecule has 2 N–H and O–H groups in total. The van der Waals surface area contributed by atoms with Gasteiger partial charge in [-0.2, -0.15) is 0 Å². The monoisotopic (exact) mass is 370 g/mol. The number of aromatic nitrogens is 3. The van der Waals surface area contributed by atoms with Crippen molar-refractivity contribution in [3.8, 4) is 0 Å². The molecule has 6 heteroatoms. The van der Waals surface area contributed by atoms with Gasteiger partial charge >= 0.3 is 0 Å². The van der Waals surface area contributed by atoms with Gasteiger partial charge in [0.2, 0.25) is 0 Å². The lowest BCUT2D eigenvalue weighted by atomic mass is 9.78. The molecule has 0 aliphatic heterocycles. The lowest BCUT2D eigenvalue weighted by molar-refractivity contribution is 0.235. The van der Waals surface area contributed by atoms with Gasteiger partial charge in [-0.25, -0.2) is 0 Å². The summed E-state index contributed by atoms with van der Waals surface area (Å²) in [5.41, 5.74) is 1.36. The van der Waals surface area contributed by atoms with Gasteiger partial charge in [-0.15, -0.1) is 10.2 Å². The zero-order valence-corrected chi connectivity index (χ0v) is 17.0. The first-order valence-electron chi connectivity index (χ1n) is 10.3. The third-order valence-corrected chi connectivity index (χ3v) is 5.61. The van der Waals surface area contributed by atoms with Crippen LogP contribution in [0.5, 0.6) is 0 Å². The lowest BCUT2D eigenvalue weighted by Crippen LogP contribution is -2.43. The molecular weight excluding hydrogens is 336 g/mol. The molecule has 0 amide bonds. The van der Waals surface area contributed by atoms with Crippen LogP contribution in [0.25, 0.3) is 5.65 Å². The summed E-state index contributed by atoms with van der Waals surface area (Å²) in [7, 11) is 1.85. The maximum absolute atomic E-state index is 4.41. The van der Waals surface area contributed by atoms with Crippen molar-refractivity contribution >= 4 is 11.6 Å². The molecule has 2 aromatic rings. The van der Waals surface area contributed by atoms with Crippen LogP contribution in [0.4, 0.5) is 0 Å². The van der Waals surface area contributed by atoms with E-state index in [-0.39, 0.29) is 0 Å². The summed E-state index contributed by atoms with van der Waals surface area (Å²) in [6.07, 6.45) is 10.6. The number of aryl methyl sites for hydroxylation is 1. The van der Waals surface area contributed by atoms with Gasteiger partial charge in [-0.3, -0.25) is 9.39 Å². The average Bonchev–Trinajstić information content (AvgIpc) is 3.28. The molecule has 0 radical (unpaired) electrons. The number of guanidine groups is 1. The largest absolute Gasteiger partial charge is 0.356 e. The summed E-state index contributed by atoms with van der Waals surface area (Å²) in [5, 5.41) is 15.5. The van der Waals surface area contributed by atoms with E-state index in [9.17, 15) is 0 Å². The summed E-state index contributed by atoms with van der Waals surface area (Å²) in [4.78, 5) is 4.41. The van der Waals surface area contributed by atoms with Gasteiger partial charge in [-0.05, 0) is 49.1 Å². The Morgan fingerprint density at radius 3 is 2.78 bits per heavy atom. The van der Waals surface area contributed by atoms with Crippen molar-refractivity contribution in [2.45, 2.75) is 58.8 Å². The van der Waals surface area contributed by atoms with Crippen molar-refractivity contribution < 1.29 is 0 Å². The number of hydrogen-bond acceptors (Lipinski definition) is 3. The number of nitrogens with zero attached hydrogens (tertiary/aromatic N) is 4. The second kappa shape index (κ2) is 9.20. The number of hydrogen-bond donors (Lipinski definition) is 2. The van der Waals surface area contributed by atoms with E-state index in [0.29, 0.717) is 5.41 Å². The highest BCUT2D eigenvalue weighted by Crippen LogP contribution is 2.42. The maximum atomic E-state index is 4.41. The Kier molecular flexibility index (Phi) is 6.69. The fourth-order valence-electron chi connectivity index (χ4n) is 4.45. The van der Waals surface area contributed by atoms with E-state index in [4.69, 9.17) is 0 Å². The van der Waals surface area contributed by atoms with Gasteiger partial charge in [0.15, 0.2) is 11.6 Å². The van der Waals surface area contributed by atoms with Crippen molar-refractivity contribution in [3.63, 3.8) is 0 Å². The van der Waals surface area contributed by atoms with Crippen molar-refractivity contribution in [1.82, 2.24) is 25.2 Å². The first kappa shape index (κ1) is 19.6. The van der Waals surface area contributed by atoms with E-state index >= 15 is 0 Å². The molecule has 27 heavy (non-hydrogen) atoms. The van der Waals surface area contributed by atoms with Crippen LogP contribution < -0.4 is 10.6 Å². The predicted octanol–water partition coefficient (Wildman–Crippen LogP) is 3.43. The van der Waals surface area contributed by atoms with Crippen LogP contribution in [0.3, 0.4) is 0 Å². The topological polar surface area (TPSA) is 66.6 Å². The van der Waals surface area contributed by atoms with E-state index in [1.807, 2.05) is 31.4 Å². The average molecular weight is 371 g/mol. The quantitative estimate of drug-likeness (QED) is 0.424. The Bertz CT molecular complexity index is 742. The van der Waals surface area contributed by atoms with Crippen LogP contribution in [0.15, 0.2) is 29.4 Å². The second-order valence-electron chi connectivity index (χ2n) is 8.31. The van der Waals surface area contributed by atoms with Gasteiger partial charge in [0.1, 0.15) is 5.82 Å². The maximum Gasteiger partial charge on any atom is 0.190 e. The number of nitrogens with one attached hydrogen (secondary N) is 2. The summed E-state index contributed by atoms with van der Waals surface area (Å²) in [6, 6.07) is 5.98. The van der Waals surface area contributed by atoms with E-state index in [2.05, 4.69) is 44.1 Å². The molecule has 1 aliphatic rings. The third-order valence-electron chi connectivity index (χ3n) is 5.61. The Balaban J connectivity index is 1.44. The van der Waals surface area contributed by atoms with Gasteiger partial charge < -0.3 is 10.6 Å². The van der Waals surface area contributed by atoms with Crippen LogP contribution in [0.2, 0.25) is 0 Å². The lowest BCUT2D eigenvalue weighted by Gasteiger charge is -2.31. The van der Waals surface area contributed by atoms with Crippen LogP contribution >= 0.6 is 0 Å². The highest BCUT2D eigenvalue weighted by molar-refractivity contribution is 5.79. The molecule has 0 aromatic carbocycles. The normalized spacial score (nSPS) is 17.0. The van der Waals surface area contributed by atoms with Gasteiger partial charge in [-0.1, -0.05) is 32.8 Å². The molecule has 2 aromatic heterocycles. The first-order chi connectivity index (χ1) is 13.1. The molecule has 1 saturated carbocycles. The highest BCUT2D eigenvalue weighted by Gasteiger charge is 2.34. The molecule has 0 spiro atoms. The summed E-state index contributed by atoms with van der Waals surface area (Å²) >= 11 is 0. The van der Waals surface area contributed by atoms with Crippen molar-refractivity contribution in [2.75, 3.05) is 20.1 Å². The Hall–Kier alpha value is -2.11. The van der Waals surface area contributed by atoms with Crippen LogP contribution in [-0.2, 0) is 6.42 Å². The molecule has 3 rings (SSSR count). The fourth-order valence-corrected chi connectivity index (χ4v) is 4.45. The number of fused-ring (bicyclic) bond motifs is 1. The molecule has 2 heterocycles. The van der Waals surface area contributed by atoms with E-state index < -0.39 is 0 Å². The molecule has 0 unspecified atom stereocenters. The fraction of sp³-hybridized carbons (Fsp3) is 0.667. The molecular formula is C21H34N6. The van der Waals surface area contributed by atoms with Crippen LogP contribution in [0.1, 0.15) is 58.2 Å². The minimum Gasteiger partial charge on any atom is -0.356 e. The molecule has 0 atom stereocenters. The predicted molar refractivity (Wildman–Crippen MR) is 111 cm³/mol. The van der Waals surface area contributed by atoms with Crippen molar-refractivity contribution in [1.29, 1.82) is 0 Å². The van der Waals surface area contributed by atoms with E-state index in [0.717, 1.165) is 49.3 Å². The Labute approximate surface area is 162 Å². The number of rotatable bonds is 8. The molecule has 0 bridgehead atoms. The zero-order chi connectivity index (χ0) is 19.1. The van der Waals surface area contributed by atoms with Crippen LogP contribution in [0, 0.1) is 11.3 Å². The third kappa shape index (κ3) is 5.21. The second-order valence-corrected chi connectivity index (χ2v) is 8.31. The number of aliphatic imine (C=N–C) groups is 1. The van der Waals surface area contributed by atoms with Crippen molar-refractivity contribution in [3.05, 3.63) is 30.2 Å². The zero-order valence-electron chi connectivity index (χ0n) is 17.0. The Morgan fingerprint density at radius 1 is 1.22 bits per heavy atom. The highest BCUT2D eigenvalue weighted by atomic mass is 15.2.